The SMILES string of the molecule is CCCCN(C(=O)C(NC(=O)OC(C)(C)C)C(C)CC)C(C(=O)Nc1ccc2ccccc2c1)c1ccc(C)cc1C. The van der Waals surface area contributed by atoms with E-state index in [4.69, 9.17) is 4.74 Å². The highest BCUT2D eigenvalue weighted by atomic mass is 16.6. The Labute approximate surface area is 251 Å². The van der Waals surface area contributed by atoms with Gasteiger partial charge in [-0.05, 0) is 81.0 Å². The number of rotatable bonds is 11. The highest BCUT2D eigenvalue weighted by Gasteiger charge is 2.38. The number of nitrogens with one attached hydrogen (secondary N) is 2. The first-order valence-electron chi connectivity index (χ1n) is 15.0. The maximum atomic E-state index is 14.5. The second-order valence-corrected chi connectivity index (χ2v) is 12.2. The summed E-state index contributed by atoms with van der Waals surface area (Å²) >= 11 is 0. The molecule has 3 rings (SSSR count). The average Bonchev–Trinajstić information content (AvgIpc) is 2.92. The summed E-state index contributed by atoms with van der Waals surface area (Å²) in [4.78, 5) is 43.2. The monoisotopic (exact) mass is 573 g/mol. The third-order valence-electron chi connectivity index (χ3n) is 7.48. The Morgan fingerprint density at radius 1 is 0.929 bits per heavy atom. The Bertz CT molecular complexity index is 1390. The van der Waals surface area contributed by atoms with E-state index in [0.29, 0.717) is 25.1 Å². The fourth-order valence-electron chi connectivity index (χ4n) is 5.05. The van der Waals surface area contributed by atoms with Crippen LogP contribution in [0.5, 0.6) is 0 Å². The lowest BCUT2D eigenvalue weighted by Gasteiger charge is -2.36. The fraction of sp³-hybridized carbons (Fsp3) is 0.457. The van der Waals surface area contributed by atoms with Gasteiger partial charge in [-0.1, -0.05) is 87.7 Å². The van der Waals surface area contributed by atoms with E-state index in [2.05, 4.69) is 17.6 Å². The Kier molecular flexibility index (Phi) is 11.1. The number of carbonyl (C=O) groups is 3. The van der Waals surface area contributed by atoms with Crippen molar-refractivity contribution in [2.45, 2.75) is 92.3 Å². The predicted molar refractivity (Wildman–Crippen MR) is 170 cm³/mol. The van der Waals surface area contributed by atoms with Gasteiger partial charge < -0.3 is 20.3 Å². The lowest BCUT2D eigenvalue weighted by Crippen LogP contribution is -2.55. The van der Waals surface area contributed by atoms with E-state index in [1.165, 1.54) is 0 Å². The average molecular weight is 574 g/mol. The summed E-state index contributed by atoms with van der Waals surface area (Å²) in [6.45, 7) is 15.6. The minimum atomic E-state index is -0.900. The molecule has 0 heterocycles. The van der Waals surface area contributed by atoms with Gasteiger partial charge in [-0.2, -0.15) is 0 Å². The van der Waals surface area contributed by atoms with Crippen molar-refractivity contribution in [2.24, 2.45) is 5.92 Å². The number of carbonyl (C=O) groups excluding carboxylic acids is 3. The van der Waals surface area contributed by atoms with Crippen molar-refractivity contribution in [1.29, 1.82) is 0 Å². The van der Waals surface area contributed by atoms with Crippen molar-refractivity contribution < 1.29 is 19.1 Å². The molecule has 7 heteroatoms. The van der Waals surface area contributed by atoms with E-state index in [9.17, 15) is 14.4 Å². The molecule has 0 spiro atoms. The number of hydrogen-bond donors (Lipinski definition) is 2. The summed E-state index contributed by atoms with van der Waals surface area (Å²) in [6.07, 6.45) is 1.55. The Morgan fingerprint density at radius 2 is 1.62 bits per heavy atom. The largest absolute Gasteiger partial charge is 0.444 e. The van der Waals surface area contributed by atoms with Crippen LogP contribution in [0.2, 0.25) is 0 Å². The third kappa shape index (κ3) is 8.57. The number of nitrogens with zero attached hydrogens (tertiary/aromatic N) is 1. The smallest absolute Gasteiger partial charge is 0.408 e. The summed E-state index contributed by atoms with van der Waals surface area (Å²) in [5, 5.41) is 8.02. The van der Waals surface area contributed by atoms with Gasteiger partial charge in [0.1, 0.15) is 17.7 Å². The molecule has 3 aromatic rings. The summed E-state index contributed by atoms with van der Waals surface area (Å²) in [6, 6.07) is 17.9. The van der Waals surface area contributed by atoms with E-state index in [1.54, 1.807) is 25.7 Å². The second-order valence-electron chi connectivity index (χ2n) is 12.2. The standard InChI is InChI=1S/C35H47N3O4/c1-9-11-20-38(33(40)30(24(4)10-2)37-34(41)42-35(6,7)8)31(29-19-16-23(3)21-25(29)5)32(39)36-28-18-17-26-14-12-13-15-27(26)22-28/h12-19,21-22,24,30-31H,9-11,20H2,1-8H3,(H,36,39)(H,37,41). The number of anilines is 1. The summed E-state index contributed by atoms with van der Waals surface area (Å²) in [5.74, 6) is -0.790. The van der Waals surface area contributed by atoms with Crippen molar-refractivity contribution in [2.75, 3.05) is 11.9 Å². The Hall–Kier alpha value is -3.87. The molecule has 42 heavy (non-hydrogen) atoms. The first-order valence-corrected chi connectivity index (χ1v) is 15.0. The number of fused-ring (bicyclic) bond motifs is 1. The lowest BCUT2D eigenvalue weighted by molar-refractivity contribution is -0.142. The first kappa shape index (κ1) is 32.6. The van der Waals surface area contributed by atoms with Crippen LogP contribution in [-0.2, 0) is 14.3 Å². The van der Waals surface area contributed by atoms with Crippen LogP contribution in [-0.4, -0.2) is 41.0 Å². The molecule has 0 aliphatic carbocycles. The molecule has 0 saturated heterocycles. The maximum absolute atomic E-state index is 14.5. The van der Waals surface area contributed by atoms with Crippen molar-refractivity contribution >= 4 is 34.4 Å². The third-order valence-corrected chi connectivity index (χ3v) is 7.48. The predicted octanol–water partition coefficient (Wildman–Crippen LogP) is 7.70. The first-order chi connectivity index (χ1) is 19.8. The van der Waals surface area contributed by atoms with Gasteiger partial charge in [-0.25, -0.2) is 4.79 Å². The number of alkyl carbamates (subject to hydrolysis) is 1. The van der Waals surface area contributed by atoms with Gasteiger partial charge in [0.2, 0.25) is 5.91 Å². The van der Waals surface area contributed by atoms with Gasteiger partial charge in [-0.3, -0.25) is 9.59 Å². The van der Waals surface area contributed by atoms with Crippen LogP contribution in [0.15, 0.2) is 60.7 Å². The summed E-state index contributed by atoms with van der Waals surface area (Å²) in [7, 11) is 0. The molecule has 0 aromatic heterocycles. The fourth-order valence-corrected chi connectivity index (χ4v) is 5.05. The number of benzene rings is 3. The number of hydrogen-bond acceptors (Lipinski definition) is 4. The van der Waals surface area contributed by atoms with Crippen molar-refractivity contribution in [3.63, 3.8) is 0 Å². The molecule has 3 amide bonds. The van der Waals surface area contributed by atoms with Crippen LogP contribution < -0.4 is 10.6 Å². The topological polar surface area (TPSA) is 87.7 Å². The highest BCUT2D eigenvalue weighted by Crippen LogP contribution is 2.30. The quantitative estimate of drug-likeness (QED) is 0.246. The Balaban J connectivity index is 2.07. The van der Waals surface area contributed by atoms with Gasteiger partial charge in [0.25, 0.3) is 5.91 Å². The second kappa shape index (κ2) is 14.3. The molecule has 0 saturated carbocycles. The number of ether oxygens (including phenoxy) is 1. The van der Waals surface area contributed by atoms with Crippen molar-refractivity contribution in [3.05, 3.63) is 77.4 Å². The summed E-state index contributed by atoms with van der Waals surface area (Å²) in [5.41, 5.74) is 2.69. The van der Waals surface area contributed by atoms with E-state index >= 15 is 0 Å². The van der Waals surface area contributed by atoms with E-state index in [0.717, 1.165) is 33.9 Å². The van der Waals surface area contributed by atoms with Crippen LogP contribution in [0.3, 0.4) is 0 Å². The van der Waals surface area contributed by atoms with Crippen LogP contribution in [0.4, 0.5) is 10.5 Å². The molecule has 0 fully saturated rings. The van der Waals surface area contributed by atoms with Crippen molar-refractivity contribution in [1.82, 2.24) is 10.2 Å². The van der Waals surface area contributed by atoms with Crippen LogP contribution in [0.25, 0.3) is 10.8 Å². The molecule has 7 nitrogen and oxygen atoms in total. The van der Waals surface area contributed by atoms with Crippen LogP contribution in [0, 0.1) is 19.8 Å². The number of unbranched alkanes of at least 4 members (excludes halogenated alkanes) is 1. The normalized spacial score (nSPS) is 13.6. The van der Waals surface area contributed by atoms with Gasteiger partial charge in [-0.15, -0.1) is 0 Å². The number of amides is 3. The van der Waals surface area contributed by atoms with Crippen LogP contribution in [0.1, 0.15) is 83.5 Å². The van der Waals surface area contributed by atoms with Gasteiger partial charge in [0.05, 0.1) is 0 Å². The highest BCUT2D eigenvalue weighted by molar-refractivity contribution is 6.00. The van der Waals surface area contributed by atoms with Gasteiger partial charge >= 0.3 is 6.09 Å². The summed E-state index contributed by atoms with van der Waals surface area (Å²) < 4.78 is 5.51. The zero-order chi connectivity index (χ0) is 31.0. The van der Waals surface area contributed by atoms with E-state index < -0.39 is 23.8 Å². The molecule has 0 aliphatic heterocycles. The minimum Gasteiger partial charge on any atom is -0.444 e. The van der Waals surface area contributed by atoms with E-state index in [1.807, 2.05) is 88.4 Å². The van der Waals surface area contributed by atoms with Crippen LogP contribution >= 0.6 is 0 Å². The van der Waals surface area contributed by atoms with E-state index in [-0.39, 0.29) is 17.7 Å². The van der Waals surface area contributed by atoms with Gasteiger partial charge in [0, 0.05) is 12.2 Å². The zero-order valence-corrected chi connectivity index (χ0v) is 26.4. The number of aryl methyl sites for hydroxylation is 2. The minimum absolute atomic E-state index is 0.183. The molecule has 3 aromatic carbocycles. The zero-order valence-electron chi connectivity index (χ0n) is 26.4. The molecule has 0 radical (unpaired) electrons. The maximum Gasteiger partial charge on any atom is 0.408 e. The molecule has 3 atom stereocenters. The molecular weight excluding hydrogens is 526 g/mol. The molecule has 3 unspecified atom stereocenters. The molecule has 0 aliphatic rings. The van der Waals surface area contributed by atoms with Gasteiger partial charge in [0.15, 0.2) is 0 Å². The molecule has 226 valence electrons. The lowest BCUT2D eigenvalue weighted by atomic mass is 9.93. The Morgan fingerprint density at radius 3 is 2.24 bits per heavy atom. The van der Waals surface area contributed by atoms with Crippen molar-refractivity contribution in [3.8, 4) is 0 Å². The molecule has 0 bridgehead atoms. The molecule has 2 N–H and O–H groups in total. The molecular formula is C35H47N3O4.